The monoisotopic (exact) mass is 647 g/mol. The number of benzene rings is 3. The highest BCUT2D eigenvalue weighted by atomic mass is 35.5. The third-order valence-electron chi connectivity index (χ3n) is 10.8. The second kappa shape index (κ2) is 12.1. The van der Waals surface area contributed by atoms with Gasteiger partial charge in [0.05, 0.1) is 11.6 Å². The molecule has 1 aromatic heterocycles. The molecule has 0 aliphatic carbocycles. The lowest BCUT2D eigenvalue weighted by Crippen LogP contribution is -2.51. The molecule has 2 N–H and O–H groups in total. The van der Waals surface area contributed by atoms with E-state index in [0.717, 1.165) is 38.9 Å². The number of piperidine rings is 1. The van der Waals surface area contributed by atoms with Gasteiger partial charge in [-0.2, -0.15) is 9.97 Å². The van der Waals surface area contributed by atoms with Crippen molar-refractivity contribution in [1.29, 1.82) is 0 Å². The number of aryl methyl sites for hydroxylation is 1. The number of halogens is 3. The first kappa shape index (κ1) is 30.1. The second-order valence-corrected chi connectivity index (χ2v) is 14.0. The summed E-state index contributed by atoms with van der Waals surface area (Å²) in [5.74, 6) is -0.471. The molecule has 4 unspecified atom stereocenters. The molecule has 0 spiro atoms. The predicted octanol–water partition coefficient (Wildman–Crippen LogP) is 7.38. The zero-order chi connectivity index (χ0) is 31.5. The number of phenolic OH excluding ortho intramolecular Hbond substituents is 1. The maximum absolute atomic E-state index is 17.0. The Kier molecular flexibility index (Phi) is 7.90. The average Bonchev–Trinajstić information content (AvgIpc) is 3.49. The van der Waals surface area contributed by atoms with Crippen molar-refractivity contribution in [3.05, 3.63) is 52.6 Å². The third kappa shape index (κ3) is 5.24. The summed E-state index contributed by atoms with van der Waals surface area (Å²) in [6.07, 6.45) is 9.89. The third-order valence-corrected chi connectivity index (χ3v) is 11.1. The number of fused-ring (bicyclic) bond motifs is 6. The summed E-state index contributed by atoms with van der Waals surface area (Å²) in [5.41, 5.74) is 0.945. The van der Waals surface area contributed by atoms with Crippen molar-refractivity contribution in [2.75, 3.05) is 31.1 Å². The molecule has 3 aromatic carbocycles. The van der Waals surface area contributed by atoms with Gasteiger partial charge in [0.1, 0.15) is 22.9 Å². The lowest BCUT2D eigenvalue weighted by atomic mass is 9.92. The van der Waals surface area contributed by atoms with Crippen LogP contribution in [-0.4, -0.2) is 70.4 Å². The molecule has 4 aromatic rings. The Morgan fingerprint density at radius 1 is 1.00 bits per heavy atom. The number of aromatic nitrogens is 2. The molecule has 242 valence electrons. The zero-order valence-corrected chi connectivity index (χ0v) is 26.9. The van der Waals surface area contributed by atoms with Crippen LogP contribution >= 0.6 is 11.6 Å². The number of nitrogens with zero attached hydrogens (tertiary/aromatic N) is 4. The van der Waals surface area contributed by atoms with Crippen molar-refractivity contribution >= 4 is 39.1 Å². The summed E-state index contributed by atoms with van der Waals surface area (Å²) < 4.78 is 38.2. The van der Waals surface area contributed by atoms with Crippen LogP contribution < -0.4 is 15.0 Å². The Balaban J connectivity index is 1.20. The second-order valence-electron chi connectivity index (χ2n) is 13.5. The van der Waals surface area contributed by atoms with E-state index in [2.05, 4.69) is 20.1 Å². The Morgan fingerprint density at radius 2 is 1.76 bits per heavy atom. The van der Waals surface area contributed by atoms with E-state index in [1.807, 2.05) is 6.92 Å². The summed E-state index contributed by atoms with van der Waals surface area (Å²) in [6, 6.07) is 9.91. The van der Waals surface area contributed by atoms with Gasteiger partial charge in [-0.15, -0.1) is 0 Å². The maximum Gasteiger partial charge on any atom is 0.319 e. The molecule has 4 aliphatic rings. The van der Waals surface area contributed by atoms with Gasteiger partial charge in [0.25, 0.3) is 0 Å². The van der Waals surface area contributed by atoms with Gasteiger partial charge >= 0.3 is 6.01 Å². The zero-order valence-electron chi connectivity index (χ0n) is 26.2. The highest BCUT2D eigenvalue weighted by Crippen LogP contribution is 2.44. The fourth-order valence-corrected chi connectivity index (χ4v) is 9.02. The molecule has 10 heteroatoms. The Morgan fingerprint density at radius 3 is 2.50 bits per heavy atom. The largest absolute Gasteiger partial charge is 0.508 e. The minimum Gasteiger partial charge on any atom is -0.508 e. The summed E-state index contributed by atoms with van der Waals surface area (Å²) in [5, 5.41) is 16.1. The van der Waals surface area contributed by atoms with Crippen LogP contribution in [0.4, 0.5) is 14.6 Å². The van der Waals surface area contributed by atoms with Gasteiger partial charge in [-0.25, -0.2) is 8.78 Å². The molecule has 8 rings (SSSR count). The van der Waals surface area contributed by atoms with Crippen LogP contribution in [0.15, 0.2) is 30.3 Å². The van der Waals surface area contributed by atoms with Crippen LogP contribution in [0, 0.1) is 11.6 Å². The number of anilines is 1. The van der Waals surface area contributed by atoms with E-state index >= 15 is 8.78 Å². The van der Waals surface area contributed by atoms with Crippen molar-refractivity contribution in [1.82, 2.24) is 20.2 Å². The number of hydrogen-bond acceptors (Lipinski definition) is 7. The van der Waals surface area contributed by atoms with Gasteiger partial charge in [0.15, 0.2) is 5.82 Å². The number of rotatable bonds is 8. The highest BCUT2D eigenvalue weighted by molar-refractivity contribution is 6.35. The Bertz CT molecular complexity index is 1790. The molecule has 5 heterocycles. The molecule has 46 heavy (non-hydrogen) atoms. The number of piperazine rings is 1. The van der Waals surface area contributed by atoms with Crippen molar-refractivity contribution in [3.8, 4) is 22.9 Å². The Hall–Kier alpha value is -3.27. The first-order chi connectivity index (χ1) is 22.4. The first-order valence-corrected chi connectivity index (χ1v) is 17.3. The summed E-state index contributed by atoms with van der Waals surface area (Å²) in [4.78, 5) is 14.4. The summed E-state index contributed by atoms with van der Waals surface area (Å²) in [7, 11) is 0. The van der Waals surface area contributed by atoms with Gasteiger partial charge < -0.3 is 20.1 Å². The molecular formula is C36H40ClF2N5O2. The van der Waals surface area contributed by atoms with Gasteiger partial charge in [-0.3, -0.25) is 4.90 Å². The molecule has 4 bridgehead atoms. The van der Waals surface area contributed by atoms with Crippen LogP contribution in [0.2, 0.25) is 5.02 Å². The molecule has 4 fully saturated rings. The van der Waals surface area contributed by atoms with E-state index in [1.54, 1.807) is 18.2 Å². The lowest BCUT2D eigenvalue weighted by molar-refractivity contribution is 0.129. The summed E-state index contributed by atoms with van der Waals surface area (Å²) >= 11 is 6.92. The topological polar surface area (TPSA) is 73.8 Å². The number of nitrogens with one attached hydrogen (secondary N) is 1. The van der Waals surface area contributed by atoms with E-state index in [1.165, 1.54) is 44.2 Å². The normalized spacial score (nSPS) is 24.4. The van der Waals surface area contributed by atoms with E-state index in [-0.39, 0.29) is 33.7 Å². The summed E-state index contributed by atoms with van der Waals surface area (Å²) in [6.45, 7) is 4.76. The molecule has 4 atom stereocenters. The van der Waals surface area contributed by atoms with Crippen molar-refractivity contribution in [2.45, 2.75) is 88.9 Å². The van der Waals surface area contributed by atoms with Crippen LogP contribution in [0.5, 0.6) is 11.8 Å². The number of ether oxygens (including phenoxy) is 1. The average molecular weight is 648 g/mol. The van der Waals surface area contributed by atoms with Crippen LogP contribution in [0.1, 0.15) is 63.9 Å². The molecule has 0 radical (unpaired) electrons. The van der Waals surface area contributed by atoms with Gasteiger partial charge in [-0.1, -0.05) is 31.0 Å². The first-order valence-electron chi connectivity index (χ1n) is 16.9. The fraction of sp³-hybridized carbons (Fsp3) is 0.500. The smallest absolute Gasteiger partial charge is 0.319 e. The van der Waals surface area contributed by atoms with Crippen LogP contribution in [0.3, 0.4) is 0 Å². The van der Waals surface area contributed by atoms with E-state index in [4.69, 9.17) is 21.3 Å². The quantitative estimate of drug-likeness (QED) is 0.193. The predicted molar refractivity (Wildman–Crippen MR) is 178 cm³/mol. The molecule has 0 saturated carbocycles. The minimum atomic E-state index is -0.641. The van der Waals surface area contributed by atoms with E-state index in [0.29, 0.717) is 70.3 Å². The van der Waals surface area contributed by atoms with E-state index in [9.17, 15) is 5.11 Å². The molecule has 4 saturated heterocycles. The van der Waals surface area contributed by atoms with E-state index < -0.39 is 5.82 Å². The highest BCUT2D eigenvalue weighted by Gasteiger charge is 2.36. The Labute approximate surface area is 272 Å². The number of aromatic hydroxyl groups is 1. The molecule has 4 aliphatic heterocycles. The maximum atomic E-state index is 17.0. The SMILES string of the molecule is CCc1c(F)ccc2cc(O)cc(-c3c(Cl)cc4c(N5CC6CCC(C5)N6)nc(OCCCN5C6CCCC5CC6)nc4c3F)c12. The minimum absolute atomic E-state index is 0.0578. The van der Waals surface area contributed by atoms with Gasteiger partial charge in [0, 0.05) is 54.8 Å². The van der Waals surface area contributed by atoms with Crippen molar-refractivity contribution < 1.29 is 18.6 Å². The molecule has 7 nitrogen and oxygen atoms in total. The standard InChI is InChI=1S/C36H40ClF2N5O2/c1-2-26-30(38)12-7-20-15-25(45)16-27(31(20)26)32-29(37)17-28-34(33(32)39)41-36(42-35(28)43-18-21-8-9-22(19-43)40-21)46-14-4-13-44-23-5-3-6-24(44)11-10-23/h7,12,15-17,21-24,40,45H,2-6,8-11,13-14,18-19H2,1H3. The fourth-order valence-electron chi connectivity index (χ4n) is 8.72. The van der Waals surface area contributed by atoms with Crippen molar-refractivity contribution in [2.24, 2.45) is 0 Å². The number of phenols is 1. The van der Waals surface area contributed by atoms with Crippen LogP contribution in [0.25, 0.3) is 32.8 Å². The van der Waals surface area contributed by atoms with Gasteiger partial charge in [-0.05, 0) is 97.5 Å². The van der Waals surface area contributed by atoms with Crippen molar-refractivity contribution in [3.63, 3.8) is 0 Å². The van der Waals surface area contributed by atoms with Gasteiger partial charge in [0.2, 0.25) is 0 Å². The molecular weight excluding hydrogens is 608 g/mol. The lowest BCUT2D eigenvalue weighted by Gasteiger charge is -2.35. The van der Waals surface area contributed by atoms with Crippen LogP contribution in [-0.2, 0) is 6.42 Å². The molecule has 0 amide bonds. The number of hydrogen-bond donors (Lipinski definition) is 2.